The standard InChI is InChI=1S/C14H28N4/c1-14(12-15,16-2)8-6-9-17(3)11-13-7-5-10-18(13)4/h13,16H,5-11H2,1-4H3. The molecule has 1 saturated heterocycles. The van der Waals surface area contributed by atoms with Crippen LogP contribution in [0.25, 0.3) is 0 Å². The maximum atomic E-state index is 9.08. The molecule has 2 atom stereocenters. The smallest absolute Gasteiger partial charge is 0.103 e. The van der Waals surface area contributed by atoms with Crippen molar-refractivity contribution in [2.24, 2.45) is 0 Å². The molecule has 1 rings (SSSR count). The lowest BCUT2D eigenvalue weighted by molar-refractivity contribution is 0.214. The molecule has 0 aromatic carbocycles. The average Bonchev–Trinajstić information content (AvgIpc) is 2.75. The number of likely N-dealkylation sites (tertiary alicyclic amines) is 1. The van der Waals surface area contributed by atoms with Gasteiger partial charge in [-0.3, -0.25) is 0 Å². The Balaban J connectivity index is 2.21. The Morgan fingerprint density at radius 2 is 2.28 bits per heavy atom. The predicted octanol–water partition coefficient (Wildman–Crippen LogP) is 1.29. The quantitative estimate of drug-likeness (QED) is 0.741. The summed E-state index contributed by atoms with van der Waals surface area (Å²) in [6, 6.07) is 3.07. The lowest BCUT2D eigenvalue weighted by Crippen LogP contribution is -2.40. The molecule has 1 aliphatic rings. The van der Waals surface area contributed by atoms with Crippen molar-refractivity contribution in [3.63, 3.8) is 0 Å². The highest BCUT2D eigenvalue weighted by Gasteiger charge is 2.23. The first-order chi connectivity index (χ1) is 8.50. The summed E-state index contributed by atoms with van der Waals surface area (Å²) in [4.78, 5) is 4.86. The molecule has 0 aromatic rings. The molecule has 2 unspecified atom stereocenters. The molecule has 0 aliphatic carbocycles. The van der Waals surface area contributed by atoms with E-state index in [1.54, 1.807) is 0 Å². The van der Waals surface area contributed by atoms with Gasteiger partial charge in [0.25, 0.3) is 0 Å². The minimum absolute atomic E-state index is 0.370. The van der Waals surface area contributed by atoms with Crippen LogP contribution in [0.5, 0.6) is 0 Å². The van der Waals surface area contributed by atoms with Crippen LogP contribution in [-0.4, -0.2) is 62.2 Å². The van der Waals surface area contributed by atoms with Crippen LogP contribution in [0.4, 0.5) is 0 Å². The third-order valence-electron chi connectivity index (χ3n) is 4.21. The minimum atomic E-state index is -0.370. The SMILES string of the molecule is CNC(C)(C#N)CCCN(C)CC1CCCN1C. The van der Waals surface area contributed by atoms with E-state index in [0.717, 1.165) is 32.0 Å². The van der Waals surface area contributed by atoms with Crippen LogP contribution in [0.1, 0.15) is 32.6 Å². The van der Waals surface area contributed by atoms with Crippen LogP contribution in [0.3, 0.4) is 0 Å². The first-order valence-electron chi connectivity index (χ1n) is 6.99. The van der Waals surface area contributed by atoms with Gasteiger partial charge in [0.1, 0.15) is 5.54 Å². The summed E-state index contributed by atoms with van der Waals surface area (Å²) in [6.45, 7) is 5.44. The van der Waals surface area contributed by atoms with Crippen LogP contribution in [0.15, 0.2) is 0 Å². The number of likely N-dealkylation sites (N-methyl/N-ethyl adjacent to an activating group) is 2. The number of hydrogen-bond acceptors (Lipinski definition) is 4. The molecule has 0 saturated carbocycles. The van der Waals surface area contributed by atoms with Gasteiger partial charge in [-0.15, -0.1) is 0 Å². The molecule has 4 heteroatoms. The van der Waals surface area contributed by atoms with Gasteiger partial charge in [0.15, 0.2) is 0 Å². The molecule has 1 aliphatic heterocycles. The Bertz CT molecular complexity index is 286. The van der Waals surface area contributed by atoms with Crippen LogP contribution >= 0.6 is 0 Å². The van der Waals surface area contributed by atoms with Crippen molar-refractivity contribution in [3.05, 3.63) is 0 Å². The van der Waals surface area contributed by atoms with Crippen molar-refractivity contribution in [2.45, 2.75) is 44.2 Å². The van der Waals surface area contributed by atoms with Crippen molar-refractivity contribution < 1.29 is 0 Å². The summed E-state index contributed by atoms with van der Waals surface area (Å²) in [5.74, 6) is 0. The highest BCUT2D eigenvalue weighted by atomic mass is 15.2. The fraction of sp³-hybridized carbons (Fsp3) is 0.929. The van der Waals surface area contributed by atoms with Gasteiger partial charge in [0.05, 0.1) is 6.07 Å². The van der Waals surface area contributed by atoms with Gasteiger partial charge >= 0.3 is 0 Å². The summed E-state index contributed by atoms with van der Waals surface area (Å²) in [5.41, 5.74) is -0.370. The van der Waals surface area contributed by atoms with Crippen LogP contribution in [0, 0.1) is 11.3 Å². The fourth-order valence-corrected chi connectivity index (χ4v) is 2.60. The largest absolute Gasteiger partial charge is 0.305 e. The molecule has 104 valence electrons. The Morgan fingerprint density at radius 3 is 2.78 bits per heavy atom. The van der Waals surface area contributed by atoms with Crippen molar-refractivity contribution in [3.8, 4) is 6.07 Å². The van der Waals surface area contributed by atoms with E-state index in [9.17, 15) is 0 Å². The van der Waals surface area contributed by atoms with E-state index in [4.69, 9.17) is 5.26 Å². The molecule has 1 heterocycles. The number of hydrogen-bond donors (Lipinski definition) is 1. The molecule has 1 N–H and O–H groups in total. The van der Waals surface area contributed by atoms with E-state index >= 15 is 0 Å². The molecule has 1 fully saturated rings. The van der Waals surface area contributed by atoms with Gasteiger partial charge in [0.2, 0.25) is 0 Å². The van der Waals surface area contributed by atoms with E-state index in [1.165, 1.54) is 19.4 Å². The third kappa shape index (κ3) is 4.56. The van der Waals surface area contributed by atoms with Gasteiger partial charge in [-0.25, -0.2) is 0 Å². The van der Waals surface area contributed by atoms with E-state index in [-0.39, 0.29) is 5.54 Å². The zero-order chi connectivity index (χ0) is 13.6. The zero-order valence-corrected chi connectivity index (χ0v) is 12.4. The maximum absolute atomic E-state index is 9.08. The van der Waals surface area contributed by atoms with Crippen molar-refractivity contribution >= 4 is 0 Å². The second kappa shape index (κ2) is 7.08. The molecule has 0 radical (unpaired) electrons. The van der Waals surface area contributed by atoms with E-state index in [1.807, 2.05) is 14.0 Å². The molecule has 0 bridgehead atoms. The first-order valence-corrected chi connectivity index (χ1v) is 6.99. The lowest BCUT2D eigenvalue weighted by Gasteiger charge is -2.27. The number of rotatable bonds is 7. The lowest BCUT2D eigenvalue weighted by atomic mass is 9.98. The highest BCUT2D eigenvalue weighted by Crippen LogP contribution is 2.16. The molecule has 0 amide bonds. The normalized spacial score (nSPS) is 24.1. The van der Waals surface area contributed by atoms with E-state index in [2.05, 4.69) is 35.3 Å². The Labute approximate surface area is 112 Å². The third-order valence-corrected chi connectivity index (χ3v) is 4.21. The van der Waals surface area contributed by atoms with E-state index in [0.29, 0.717) is 0 Å². The predicted molar refractivity (Wildman–Crippen MR) is 75.5 cm³/mol. The Hall–Kier alpha value is -0.630. The highest BCUT2D eigenvalue weighted by molar-refractivity contribution is 5.02. The molecule has 4 nitrogen and oxygen atoms in total. The Kier molecular flexibility index (Phi) is 6.07. The second-order valence-electron chi connectivity index (χ2n) is 5.84. The van der Waals surface area contributed by atoms with Gasteiger partial charge in [0, 0.05) is 12.6 Å². The van der Waals surface area contributed by atoms with Gasteiger partial charge in [-0.2, -0.15) is 5.26 Å². The van der Waals surface area contributed by atoms with Crippen molar-refractivity contribution in [1.29, 1.82) is 5.26 Å². The molecule has 18 heavy (non-hydrogen) atoms. The number of nitriles is 1. The fourth-order valence-electron chi connectivity index (χ4n) is 2.60. The summed E-state index contributed by atoms with van der Waals surface area (Å²) < 4.78 is 0. The molecular formula is C14H28N4. The first kappa shape index (κ1) is 15.4. The van der Waals surface area contributed by atoms with Gasteiger partial charge in [-0.05, 0) is 66.8 Å². The Morgan fingerprint density at radius 1 is 1.56 bits per heavy atom. The maximum Gasteiger partial charge on any atom is 0.103 e. The van der Waals surface area contributed by atoms with Crippen LogP contribution in [0.2, 0.25) is 0 Å². The van der Waals surface area contributed by atoms with Crippen molar-refractivity contribution in [1.82, 2.24) is 15.1 Å². The van der Waals surface area contributed by atoms with Gasteiger partial charge in [-0.1, -0.05) is 0 Å². The molecular weight excluding hydrogens is 224 g/mol. The number of nitrogens with one attached hydrogen (secondary N) is 1. The molecule has 0 aromatic heterocycles. The average molecular weight is 252 g/mol. The van der Waals surface area contributed by atoms with Crippen LogP contribution < -0.4 is 5.32 Å². The minimum Gasteiger partial charge on any atom is -0.305 e. The zero-order valence-electron chi connectivity index (χ0n) is 12.4. The summed E-state index contributed by atoms with van der Waals surface area (Å²) in [7, 11) is 6.27. The molecule has 0 spiro atoms. The summed E-state index contributed by atoms with van der Waals surface area (Å²) in [5, 5.41) is 12.2. The summed E-state index contributed by atoms with van der Waals surface area (Å²) >= 11 is 0. The van der Waals surface area contributed by atoms with E-state index < -0.39 is 0 Å². The topological polar surface area (TPSA) is 42.3 Å². The monoisotopic (exact) mass is 252 g/mol. The van der Waals surface area contributed by atoms with Crippen LogP contribution in [-0.2, 0) is 0 Å². The number of nitrogens with zero attached hydrogens (tertiary/aromatic N) is 3. The van der Waals surface area contributed by atoms with Crippen molar-refractivity contribution in [2.75, 3.05) is 40.8 Å². The second-order valence-corrected chi connectivity index (χ2v) is 5.84. The van der Waals surface area contributed by atoms with Gasteiger partial charge < -0.3 is 15.1 Å². The summed E-state index contributed by atoms with van der Waals surface area (Å²) in [6.07, 6.45) is 4.64.